The van der Waals surface area contributed by atoms with E-state index in [-0.39, 0.29) is 17.4 Å². The third-order valence-corrected chi connectivity index (χ3v) is 7.06. The monoisotopic (exact) mass is 653 g/mol. The first-order valence-corrected chi connectivity index (χ1v) is 15.0. The van der Waals surface area contributed by atoms with Crippen molar-refractivity contribution in [1.29, 1.82) is 0 Å². The van der Waals surface area contributed by atoms with Crippen LogP contribution in [0.25, 0.3) is 6.08 Å². The van der Waals surface area contributed by atoms with Crippen molar-refractivity contribution < 1.29 is 33.4 Å². The lowest BCUT2D eigenvalue weighted by Crippen LogP contribution is -2.18. The molecule has 10 heteroatoms. The zero-order valence-corrected chi connectivity index (χ0v) is 26.6. The van der Waals surface area contributed by atoms with Crippen LogP contribution in [-0.4, -0.2) is 37.1 Å². The molecule has 2 N–H and O–H groups in total. The fourth-order valence-electron chi connectivity index (χ4n) is 4.42. The minimum Gasteiger partial charge on any atom is -0.497 e. The number of amides is 2. The number of ether oxygens (including phenoxy) is 3. The summed E-state index contributed by atoms with van der Waals surface area (Å²) in [6.07, 6.45) is 4.05. The molecule has 0 aliphatic heterocycles. The first kappa shape index (κ1) is 33.6. The summed E-state index contributed by atoms with van der Waals surface area (Å²) in [4.78, 5) is 50.5. The third kappa shape index (κ3) is 9.36. The molecule has 5 aromatic carbocycles. The van der Waals surface area contributed by atoms with Crippen molar-refractivity contribution in [2.45, 2.75) is 6.92 Å². The van der Waals surface area contributed by atoms with Gasteiger partial charge >= 0.3 is 11.9 Å². The van der Waals surface area contributed by atoms with Gasteiger partial charge in [-0.1, -0.05) is 48.0 Å². The summed E-state index contributed by atoms with van der Waals surface area (Å²) < 4.78 is 16.2. The van der Waals surface area contributed by atoms with Gasteiger partial charge in [0.25, 0.3) is 11.8 Å². The van der Waals surface area contributed by atoms with Crippen molar-refractivity contribution in [3.05, 3.63) is 161 Å². The quantitative estimate of drug-likeness (QED) is 0.0524. The molecule has 0 aliphatic carbocycles. The van der Waals surface area contributed by atoms with Crippen molar-refractivity contribution in [2.24, 2.45) is 5.10 Å². The van der Waals surface area contributed by atoms with E-state index in [1.54, 1.807) is 109 Å². The zero-order valence-electron chi connectivity index (χ0n) is 26.6. The van der Waals surface area contributed by atoms with Gasteiger partial charge in [-0.05, 0) is 91.9 Å². The number of hydrogen-bond acceptors (Lipinski definition) is 8. The molecule has 0 aliphatic rings. The standard InChI is InChI=1S/C39H31N3O7/c1-26-11-13-28(14-12-26)37(44)41-32-20-15-29(16-21-32)38(45)42-40-25-31-8-4-6-10-35(31)48-36(43)24-19-27-7-3-5-9-34(27)49-39(46)30-17-22-33(47-2)23-18-30/h3-25H,1-2H3,(H,41,44)(H,42,45)/b24-19+,40-25+. The van der Waals surface area contributed by atoms with E-state index in [0.717, 1.165) is 5.56 Å². The molecule has 5 rings (SSSR count). The van der Waals surface area contributed by atoms with E-state index in [9.17, 15) is 19.2 Å². The van der Waals surface area contributed by atoms with Crippen LogP contribution in [-0.2, 0) is 4.79 Å². The van der Waals surface area contributed by atoms with Crippen molar-refractivity contribution in [3.8, 4) is 17.2 Å². The molecule has 10 nitrogen and oxygen atoms in total. The average molecular weight is 654 g/mol. The molecule has 0 fully saturated rings. The van der Waals surface area contributed by atoms with Gasteiger partial charge in [-0.3, -0.25) is 9.59 Å². The first-order valence-electron chi connectivity index (χ1n) is 15.0. The van der Waals surface area contributed by atoms with Crippen LogP contribution in [0.15, 0.2) is 133 Å². The molecule has 5 aromatic rings. The number of anilines is 1. The Hall–Kier alpha value is -6.81. The second kappa shape index (κ2) is 16.1. The summed E-state index contributed by atoms with van der Waals surface area (Å²) in [6, 6.07) is 33.5. The highest BCUT2D eigenvalue weighted by Crippen LogP contribution is 2.22. The molecule has 0 spiro atoms. The summed E-state index contributed by atoms with van der Waals surface area (Å²) in [7, 11) is 1.54. The van der Waals surface area contributed by atoms with E-state index in [1.807, 2.05) is 19.1 Å². The maximum atomic E-state index is 12.7. The molecule has 0 bridgehead atoms. The van der Waals surface area contributed by atoms with E-state index >= 15 is 0 Å². The lowest BCUT2D eigenvalue weighted by molar-refractivity contribution is -0.128. The number of hydrogen-bond donors (Lipinski definition) is 2. The maximum Gasteiger partial charge on any atom is 0.343 e. The van der Waals surface area contributed by atoms with Gasteiger partial charge in [-0.15, -0.1) is 0 Å². The fraction of sp³-hybridized carbons (Fsp3) is 0.0513. The van der Waals surface area contributed by atoms with Crippen molar-refractivity contribution >= 4 is 41.7 Å². The van der Waals surface area contributed by atoms with Crippen LogP contribution in [0, 0.1) is 6.92 Å². The number of para-hydroxylation sites is 2. The number of benzene rings is 5. The molecule has 49 heavy (non-hydrogen) atoms. The van der Waals surface area contributed by atoms with Crippen LogP contribution in [0.5, 0.6) is 17.2 Å². The lowest BCUT2D eigenvalue weighted by Gasteiger charge is -2.08. The molecule has 0 radical (unpaired) electrons. The van der Waals surface area contributed by atoms with Gasteiger partial charge in [0.1, 0.15) is 17.2 Å². The van der Waals surface area contributed by atoms with Crippen molar-refractivity contribution in [3.63, 3.8) is 0 Å². The second-order valence-electron chi connectivity index (χ2n) is 10.5. The largest absolute Gasteiger partial charge is 0.497 e. The third-order valence-electron chi connectivity index (χ3n) is 7.06. The van der Waals surface area contributed by atoms with Gasteiger partial charge in [0.15, 0.2) is 0 Å². The van der Waals surface area contributed by atoms with Crippen LogP contribution < -0.4 is 25.0 Å². The van der Waals surface area contributed by atoms with Crippen LogP contribution >= 0.6 is 0 Å². The Kier molecular flexibility index (Phi) is 11.1. The van der Waals surface area contributed by atoms with Crippen LogP contribution in [0.2, 0.25) is 0 Å². The first-order chi connectivity index (χ1) is 23.8. The predicted octanol–water partition coefficient (Wildman–Crippen LogP) is 6.86. The SMILES string of the molecule is COc1ccc(C(=O)Oc2ccccc2/C=C/C(=O)Oc2ccccc2/C=N/NC(=O)c2ccc(NC(=O)c3ccc(C)cc3)cc2)cc1. The van der Waals surface area contributed by atoms with Crippen LogP contribution in [0.1, 0.15) is 47.8 Å². The van der Waals surface area contributed by atoms with E-state index in [0.29, 0.717) is 39.3 Å². The number of esters is 2. The Balaban J connectivity index is 1.16. The molecule has 0 aromatic heterocycles. The minimum atomic E-state index is -0.685. The highest BCUT2D eigenvalue weighted by atomic mass is 16.5. The van der Waals surface area contributed by atoms with Gasteiger partial charge in [-0.2, -0.15) is 5.10 Å². The number of carbonyl (C=O) groups is 4. The Labute approximate surface area is 282 Å². The van der Waals surface area contributed by atoms with E-state index in [1.165, 1.54) is 25.5 Å². The smallest absolute Gasteiger partial charge is 0.343 e. The van der Waals surface area contributed by atoms with Gasteiger partial charge < -0.3 is 19.5 Å². The summed E-state index contributed by atoms with van der Waals surface area (Å²) in [6.45, 7) is 1.94. The Morgan fingerprint density at radius 2 is 1.20 bits per heavy atom. The van der Waals surface area contributed by atoms with E-state index in [2.05, 4.69) is 15.8 Å². The average Bonchev–Trinajstić information content (AvgIpc) is 3.12. The fourth-order valence-corrected chi connectivity index (χ4v) is 4.42. The lowest BCUT2D eigenvalue weighted by atomic mass is 10.1. The number of methoxy groups -OCH3 is 1. The van der Waals surface area contributed by atoms with Crippen molar-refractivity contribution in [2.75, 3.05) is 12.4 Å². The summed E-state index contributed by atoms with van der Waals surface area (Å²) in [5, 5.41) is 6.81. The number of carbonyl (C=O) groups excluding carboxylic acids is 4. The summed E-state index contributed by atoms with van der Waals surface area (Å²) in [5.74, 6) is -0.897. The van der Waals surface area contributed by atoms with E-state index in [4.69, 9.17) is 14.2 Å². The van der Waals surface area contributed by atoms with Gasteiger partial charge in [0.2, 0.25) is 0 Å². The minimum absolute atomic E-state index is 0.211. The summed E-state index contributed by atoms with van der Waals surface area (Å²) in [5.41, 5.74) is 6.15. The molecular weight excluding hydrogens is 622 g/mol. The Bertz CT molecular complexity index is 2020. The molecule has 244 valence electrons. The van der Waals surface area contributed by atoms with Crippen LogP contribution in [0.3, 0.4) is 0 Å². The number of rotatable bonds is 11. The number of nitrogens with zero attached hydrogens (tertiary/aromatic N) is 1. The Morgan fingerprint density at radius 1 is 0.633 bits per heavy atom. The molecule has 0 heterocycles. The van der Waals surface area contributed by atoms with Gasteiger partial charge in [0, 0.05) is 34.0 Å². The molecule has 0 saturated heterocycles. The molecule has 0 saturated carbocycles. The predicted molar refractivity (Wildman–Crippen MR) is 186 cm³/mol. The van der Waals surface area contributed by atoms with E-state index < -0.39 is 17.8 Å². The topological polar surface area (TPSA) is 132 Å². The highest BCUT2D eigenvalue weighted by molar-refractivity contribution is 6.04. The number of hydrazone groups is 1. The second-order valence-corrected chi connectivity index (χ2v) is 10.5. The van der Waals surface area contributed by atoms with Gasteiger partial charge in [0.05, 0.1) is 18.9 Å². The number of aryl methyl sites for hydroxylation is 1. The molecule has 0 atom stereocenters. The normalized spacial score (nSPS) is 10.8. The molecule has 0 unspecified atom stereocenters. The van der Waals surface area contributed by atoms with Crippen LogP contribution in [0.4, 0.5) is 5.69 Å². The zero-order chi connectivity index (χ0) is 34.6. The maximum absolute atomic E-state index is 12.7. The summed E-state index contributed by atoms with van der Waals surface area (Å²) >= 11 is 0. The molecular formula is C39H31N3O7. The molecule has 2 amide bonds. The van der Waals surface area contributed by atoms with Gasteiger partial charge in [-0.25, -0.2) is 15.0 Å². The highest BCUT2D eigenvalue weighted by Gasteiger charge is 2.12. The Morgan fingerprint density at radius 3 is 1.88 bits per heavy atom. The van der Waals surface area contributed by atoms with Crippen molar-refractivity contribution in [1.82, 2.24) is 5.43 Å². The number of nitrogens with one attached hydrogen (secondary N) is 2.